The van der Waals surface area contributed by atoms with Gasteiger partial charge in [-0.3, -0.25) is 19.4 Å². The molecule has 0 radical (unpaired) electrons. The second-order valence-corrected chi connectivity index (χ2v) is 6.81. The second-order valence-electron chi connectivity index (χ2n) is 6.81. The summed E-state index contributed by atoms with van der Waals surface area (Å²) in [7, 11) is 0. The molecule has 2 amide bonds. The average Bonchev–Trinajstić information content (AvgIpc) is 3.35. The number of rotatable bonds is 6. The summed E-state index contributed by atoms with van der Waals surface area (Å²) in [6, 6.07) is 8.24. The molecule has 6 nitrogen and oxygen atoms in total. The van der Waals surface area contributed by atoms with Gasteiger partial charge in [0.1, 0.15) is 0 Å². The highest BCUT2D eigenvalue weighted by Crippen LogP contribution is 2.18. The highest BCUT2D eigenvalue weighted by atomic mass is 16.2. The quantitative estimate of drug-likeness (QED) is 0.811. The lowest BCUT2D eigenvalue weighted by Gasteiger charge is -2.33. The number of benzene rings is 1. The van der Waals surface area contributed by atoms with Crippen molar-refractivity contribution in [2.75, 3.05) is 44.6 Å². The van der Waals surface area contributed by atoms with Crippen LogP contribution in [-0.2, 0) is 9.59 Å². The molecule has 1 aromatic rings. The van der Waals surface area contributed by atoms with Gasteiger partial charge in [0.2, 0.25) is 11.8 Å². The lowest BCUT2D eigenvalue weighted by atomic mass is 10.2. The molecule has 2 N–H and O–H groups in total. The van der Waals surface area contributed by atoms with Crippen molar-refractivity contribution in [2.45, 2.75) is 25.8 Å². The number of nitrogens with zero attached hydrogens (tertiary/aromatic N) is 2. The van der Waals surface area contributed by atoms with Gasteiger partial charge in [0.05, 0.1) is 13.1 Å². The molecule has 0 spiro atoms. The van der Waals surface area contributed by atoms with Crippen molar-refractivity contribution < 1.29 is 9.59 Å². The first-order valence-corrected chi connectivity index (χ1v) is 8.69. The number of carbonyl (C=O) groups is 2. The molecule has 0 unspecified atom stereocenters. The fourth-order valence-corrected chi connectivity index (χ4v) is 2.85. The molecule has 3 rings (SSSR count). The summed E-state index contributed by atoms with van der Waals surface area (Å²) in [4.78, 5) is 28.2. The van der Waals surface area contributed by atoms with Crippen molar-refractivity contribution in [3.05, 3.63) is 29.8 Å². The number of amides is 2. The van der Waals surface area contributed by atoms with Crippen LogP contribution in [0.5, 0.6) is 0 Å². The number of carbonyl (C=O) groups excluding carboxylic acids is 2. The maximum atomic E-state index is 12.1. The van der Waals surface area contributed by atoms with E-state index < -0.39 is 0 Å². The van der Waals surface area contributed by atoms with Crippen LogP contribution in [0, 0.1) is 6.92 Å². The Bertz CT molecular complexity index is 575. The number of nitrogens with one attached hydrogen (secondary N) is 2. The van der Waals surface area contributed by atoms with Gasteiger partial charge in [-0.2, -0.15) is 0 Å². The number of hydrogen-bond donors (Lipinski definition) is 2. The molecule has 0 bridgehead atoms. The van der Waals surface area contributed by atoms with E-state index in [0.717, 1.165) is 44.7 Å². The van der Waals surface area contributed by atoms with Crippen LogP contribution in [0.2, 0.25) is 0 Å². The number of anilines is 1. The van der Waals surface area contributed by atoms with Gasteiger partial charge >= 0.3 is 0 Å². The molecule has 130 valence electrons. The van der Waals surface area contributed by atoms with Crippen molar-refractivity contribution in [2.24, 2.45) is 0 Å². The highest BCUT2D eigenvalue weighted by Gasteiger charge is 2.25. The number of hydrogen-bond acceptors (Lipinski definition) is 4. The number of piperazine rings is 1. The second kappa shape index (κ2) is 7.77. The molecule has 0 atom stereocenters. The van der Waals surface area contributed by atoms with Crippen LogP contribution >= 0.6 is 0 Å². The molecule has 2 fully saturated rings. The monoisotopic (exact) mass is 330 g/mol. The van der Waals surface area contributed by atoms with Crippen LogP contribution in [0.3, 0.4) is 0 Å². The molecule has 0 aromatic heterocycles. The lowest BCUT2D eigenvalue weighted by Crippen LogP contribution is -2.51. The third-order valence-corrected chi connectivity index (χ3v) is 4.48. The Kier molecular flexibility index (Phi) is 5.48. The third-order valence-electron chi connectivity index (χ3n) is 4.48. The minimum absolute atomic E-state index is 0.0128. The summed E-state index contributed by atoms with van der Waals surface area (Å²) >= 11 is 0. The summed E-state index contributed by atoms with van der Waals surface area (Å²) < 4.78 is 0. The maximum absolute atomic E-state index is 12.1. The van der Waals surface area contributed by atoms with Crippen molar-refractivity contribution in [3.63, 3.8) is 0 Å². The summed E-state index contributed by atoms with van der Waals surface area (Å²) in [6.45, 7) is 6.19. The Morgan fingerprint density at radius 1 is 0.958 bits per heavy atom. The van der Waals surface area contributed by atoms with Crippen molar-refractivity contribution in [3.8, 4) is 0 Å². The fraction of sp³-hybridized carbons (Fsp3) is 0.556. The normalized spacial score (nSPS) is 19.0. The van der Waals surface area contributed by atoms with Crippen molar-refractivity contribution in [1.82, 2.24) is 15.1 Å². The maximum Gasteiger partial charge on any atom is 0.238 e. The molecular weight excluding hydrogens is 304 g/mol. The van der Waals surface area contributed by atoms with E-state index in [-0.39, 0.29) is 11.8 Å². The molecule has 2 aliphatic rings. The zero-order chi connectivity index (χ0) is 16.9. The van der Waals surface area contributed by atoms with E-state index in [1.54, 1.807) is 0 Å². The lowest BCUT2D eigenvalue weighted by molar-refractivity contribution is -0.123. The van der Waals surface area contributed by atoms with Gasteiger partial charge in [-0.05, 0) is 31.9 Å². The fourth-order valence-electron chi connectivity index (χ4n) is 2.85. The summed E-state index contributed by atoms with van der Waals surface area (Å²) in [5, 5.41) is 5.95. The van der Waals surface area contributed by atoms with E-state index >= 15 is 0 Å². The van der Waals surface area contributed by atoms with Gasteiger partial charge in [-0.1, -0.05) is 17.7 Å². The van der Waals surface area contributed by atoms with E-state index in [4.69, 9.17) is 0 Å². The smallest absolute Gasteiger partial charge is 0.238 e. The first-order valence-electron chi connectivity index (χ1n) is 8.69. The summed E-state index contributed by atoms with van der Waals surface area (Å²) in [5.74, 6) is 0.141. The molecule has 1 heterocycles. The van der Waals surface area contributed by atoms with E-state index in [1.165, 1.54) is 5.56 Å². The molecule has 1 saturated carbocycles. The van der Waals surface area contributed by atoms with E-state index in [9.17, 15) is 9.59 Å². The predicted molar refractivity (Wildman–Crippen MR) is 93.9 cm³/mol. The molecule has 1 aliphatic heterocycles. The highest BCUT2D eigenvalue weighted by molar-refractivity contribution is 5.92. The SMILES string of the molecule is Cc1ccc(NC(=O)CN2CCN(CC(=O)NC3CC3)CC2)cc1. The first-order chi connectivity index (χ1) is 11.6. The third kappa shape index (κ3) is 5.32. The molecule has 1 saturated heterocycles. The van der Waals surface area contributed by atoms with Crippen LogP contribution in [0.25, 0.3) is 0 Å². The minimum atomic E-state index is 0.0128. The van der Waals surface area contributed by atoms with Gasteiger partial charge in [0.15, 0.2) is 0 Å². The minimum Gasteiger partial charge on any atom is -0.352 e. The van der Waals surface area contributed by atoms with E-state index in [1.807, 2.05) is 31.2 Å². The summed E-state index contributed by atoms with van der Waals surface area (Å²) in [6.07, 6.45) is 2.24. The van der Waals surface area contributed by atoms with E-state index in [2.05, 4.69) is 20.4 Å². The molecule has 24 heavy (non-hydrogen) atoms. The zero-order valence-corrected chi connectivity index (χ0v) is 14.3. The van der Waals surface area contributed by atoms with Gasteiger partial charge in [0, 0.05) is 37.9 Å². The van der Waals surface area contributed by atoms with Crippen LogP contribution in [-0.4, -0.2) is 66.9 Å². The number of aryl methyl sites for hydroxylation is 1. The average molecular weight is 330 g/mol. The standard InChI is InChI=1S/C18H26N4O2/c1-14-2-4-15(5-3-14)19-17(23)12-21-8-10-22(11-9-21)13-18(24)20-16-6-7-16/h2-5,16H,6-13H2,1H3,(H,19,23)(H,20,24). The molecule has 1 aliphatic carbocycles. The Morgan fingerprint density at radius 2 is 1.50 bits per heavy atom. The Morgan fingerprint density at radius 3 is 2.04 bits per heavy atom. The van der Waals surface area contributed by atoms with E-state index in [0.29, 0.717) is 19.1 Å². The van der Waals surface area contributed by atoms with Gasteiger partial charge in [-0.25, -0.2) is 0 Å². The first kappa shape index (κ1) is 16.9. The van der Waals surface area contributed by atoms with Gasteiger partial charge in [-0.15, -0.1) is 0 Å². The Labute approximate surface area is 143 Å². The van der Waals surface area contributed by atoms with Crippen LogP contribution in [0.15, 0.2) is 24.3 Å². The van der Waals surface area contributed by atoms with Crippen molar-refractivity contribution >= 4 is 17.5 Å². The Hall–Kier alpha value is -1.92. The van der Waals surface area contributed by atoms with Crippen LogP contribution in [0.4, 0.5) is 5.69 Å². The molecule has 6 heteroatoms. The summed E-state index contributed by atoms with van der Waals surface area (Å²) in [5.41, 5.74) is 2.01. The molecular formula is C18H26N4O2. The van der Waals surface area contributed by atoms with Gasteiger partial charge < -0.3 is 10.6 Å². The van der Waals surface area contributed by atoms with Crippen LogP contribution in [0.1, 0.15) is 18.4 Å². The predicted octanol–water partition coefficient (Wildman–Crippen LogP) is 0.830. The van der Waals surface area contributed by atoms with Crippen molar-refractivity contribution in [1.29, 1.82) is 0 Å². The van der Waals surface area contributed by atoms with Gasteiger partial charge in [0.25, 0.3) is 0 Å². The Balaban J connectivity index is 1.36. The topological polar surface area (TPSA) is 64.7 Å². The molecule has 1 aromatic carbocycles. The van der Waals surface area contributed by atoms with Crippen LogP contribution < -0.4 is 10.6 Å². The largest absolute Gasteiger partial charge is 0.352 e. The zero-order valence-electron chi connectivity index (χ0n) is 14.3.